The minimum absolute atomic E-state index is 0.144. The molecular weight excluding hydrogens is 372 g/mol. The van der Waals surface area contributed by atoms with Crippen molar-refractivity contribution in [1.82, 2.24) is 9.62 Å². The summed E-state index contributed by atoms with van der Waals surface area (Å²) < 4.78 is 37.1. The van der Waals surface area contributed by atoms with E-state index in [2.05, 4.69) is 10.1 Å². The topological polar surface area (TPSA) is 102 Å². The van der Waals surface area contributed by atoms with E-state index in [1.165, 1.54) is 35.7 Å². The Hall–Kier alpha value is -1.97. The van der Waals surface area contributed by atoms with Gasteiger partial charge >= 0.3 is 5.97 Å². The number of esters is 1. The quantitative estimate of drug-likeness (QED) is 0.546. The van der Waals surface area contributed by atoms with Gasteiger partial charge in [-0.15, -0.1) is 0 Å². The van der Waals surface area contributed by atoms with Crippen molar-refractivity contribution < 1.29 is 27.5 Å². The first-order valence-corrected chi connectivity index (χ1v) is 10.3. The lowest BCUT2D eigenvalue weighted by Gasteiger charge is -2.34. The zero-order chi connectivity index (χ0) is 20.0. The molecule has 1 aliphatic heterocycles. The number of morpholine rings is 1. The summed E-state index contributed by atoms with van der Waals surface area (Å²) in [5, 5.41) is 2.69. The molecule has 150 valence electrons. The summed E-state index contributed by atoms with van der Waals surface area (Å²) in [6.45, 7) is 4.61. The van der Waals surface area contributed by atoms with Gasteiger partial charge in [0.05, 0.1) is 24.2 Å². The fraction of sp³-hybridized carbons (Fsp3) is 0.556. The number of methoxy groups -OCH3 is 1. The monoisotopic (exact) mass is 398 g/mol. The summed E-state index contributed by atoms with van der Waals surface area (Å²) in [5.74, 6) is -0.650. The maximum atomic E-state index is 12.8. The first-order chi connectivity index (χ1) is 12.7. The third kappa shape index (κ3) is 5.75. The minimum atomic E-state index is -3.63. The van der Waals surface area contributed by atoms with Crippen molar-refractivity contribution in [2.45, 2.75) is 43.8 Å². The summed E-state index contributed by atoms with van der Waals surface area (Å²) in [6.07, 6.45) is 0.361. The Kier molecular flexibility index (Phi) is 7.34. The lowest BCUT2D eigenvalue weighted by atomic mass is 10.2. The Morgan fingerprint density at radius 3 is 2.33 bits per heavy atom. The zero-order valence-corrected chi connectivity index (χ0v) is 16.6. The normalized spacial score (nSPS) is 20.9. The molecule has 8 nitrogen and oxygen atoms in total. The van der Waals surface area contributed by atoms with Crippen LogP contribution in [0.5, 0.6) is 0 Å². The van der Waals surface area contributed by atoms with Gasteiger partial charge < -0.3 is 14.8 Å². The van der Waals surface area contributed by atoms with Crippen LogP contribution in [0.4, 0.5) is 0 Å². The molecule has 2 rings (SSSR count). The molecule has 2 atom stereocenters. The van der Waals surface area contributed by atoms with E-state index in [1.54, 1.807) is 0 Å². The van der Waals surface area contributed by atoms with Gasteiger partial charge in [-0.05, 0) is 44.5 Å². The SMILES string of the molecule is COC(=O)CCCNC(=O)c1ccc(S(=O)(=O)N2C[C@@H](C)O[C@H](C)C2)cc1. The highest BCUT2D eigenvalue weighted by molar-refractivity contribution is 7.89. The smallest absolute Gasteiger partial charge is 0.305 e. The number of hydrogen-bond donors (Lipinski definition) is 1. The Labute approximate surface area is 159 Å². The molecule has 1 fully saturated rings. The number of nitrogens with zero attached hydrogens (tertiary/aromatic N) is 1. The average Bonchev–Trinajstić information content (AvgIpc) is 2.64. The lowest BCUT2D eigenvalue weighted by Crippen LogP contribution is -2.48. The molecule has 1 aromatic rings. The molecule has 1 heterocycles. The van der Waals surface area contributed by atoms with Gasteiger partial charge in [0.1, 0.15) is 0 Å². The molecule has 0 bridgehead atoms. The standard InChI is InChI=1S/C18H26N2O6S/c1-13-11-20(12-14(2)26-13)27(23,24)16-8-6-15(7-9-16)18(22)19-10-4-5-17(21)25-3/h6-9,13-14H,4-5,10-12H2,1-3H3,(H,19,22)/t13-,14-/m1/s1. The van der Waals surface area contributed by atoms with E-state index < -0.39 is 10.0 Å². The van der Waals surface area contributed by atoms with E-state index in [1.807, 2.05) is 13.8 Å². The van der Waals surface area contributed by atoms with Crippen molar-refractivity contribution in [2.24, 2.45) is 0 Å². The van der Waals surface area contributed by atoms with E-state index in [0.717, 1.165) is 0 Å². The highest BCUT2D eigenvalue weighted by atomic mass is 32.2. The van der Waals surface area contributed by atoms with E-state index in [0.29, 0.717) is 31.6 Å². The Morgan fingerprint density at radius 2 is 1.78 bits per heavy atom. The summed E-state index contributed by atoms with van der Waals surface area (Å²) >= 11 is 0. The Morgan fingerprint density at radius 1 is 1.19 bits per heavy atom. The maximum Gasteiger partial charge on any atom is 0.305 e. The molecule has 1 amide bonds. The van der Waals surface area contributed by atoms with Gasteiger partial charge in [0, 0.05) is 31.6 Å². The van der Waals surface area contributed by atoms with Gasteiger partial charge in [0.15, 0.2) is 0 Å². The number of carbonyl (C=O) groups excluding carboxylic acids is 2. The first-order valence-electron chi connectivity index (χ1n) is 8.84. The summed E-state index contributed by atoms with van der Waals surface area (Å²) in [6, 6.07) is 5.83. The fourth-order valence-corrected chi connectivity index (χ4v) is 4.48. The van der Waals surface area contributed by atoms with Crippen LogP contribution in [-0.4, -0.2) is 63.6 Å². The third-order valence-electron chi connectivity index (χ3n) is 4.21. The maximum absolute atomic E-state index is 12.8. The minimum Gasteiger partial charge on any atom is -0.469 e. The van der Waals surface area contributed by atoms with Crippen molar-refractivity contribution in [3.8, 4) is 0 Å². The van der Waals surface area contributed by atoms with E-state index >= 15 is 0 Å². The number of rotatable bonds is 7. The second kappa shape index (κ2) is 9.29. The van der Waals surface area contributed by atoms with Crippen molar-refractivity contribution in [3.63, 3.8) is 0 Å². The van der Waals surface area contributed by atoms with Crippen LogP contribution in [0.3, 0.4) is 0 Å². The Balaban J connectivity index is 1.97. The molecule has 27 heavy (non-hydrogen) atoms. The van der Waals surface area contributed by atoms with Crippen LogP contribution in [0, 0.1) is 0 Å². The van der Waals surface area contributed by atoms with Crippen molar-refractivity contribution in [1.29, 1.82) is 0 Å². The van der Waals surface area contributed by atoms with Gasteiger partial charge in [-0.3, -0.25) is 9.59 Å². The molecule has 0 saturated carbocycles. The number of amides is 1. The summed E-state index contributed by atoms with van der Waals surface area (Å²) in [5.41, 5.74) is 0.357. The first kappa shape index (κ1) is 21.3. The van der Waals surface area contributed by atoms with E-state index in [-0.39, 0.29) is 35.4 Å². The van der Waals surface area contributed by atoms with E-state index in [4.69, 9.17) is 4.74 Å². The predicted octanol–water partition coefficient (Wildman–Crippen LogP) is 1.17. The van der Waals surface area contributed by atoms with Crippen LogP contribution in [0.15, 0.2) is 29.2 Å². The highest BCUT2D eigenvalue weighted by Crippen LogP contribution is 2.21. The van der Waals surface area contributed by atoms with Crippen LogP contribution < -0.4 is 5.32 Å². The van der Waals surface area contributed by atoms with Gasteiger partial charge in [-0.25, -0.2) is 8.42 Å². The summed E-state index contributed by atoms with van der Waals surface area (Å²) in [7, 11) is -2.32. The number of sulfonamides is 1. The molecule has 0 aliphatic carbocycles. The average molecular weight is 398 g/mol. The van der Waals surface area contributed by atoms with Gasteiger partial charge in [0.25, 0.3) is 5.91 Å². The molecule has 0 aromatic heterocycles. The summed E-state index contributed by atoms with van der Waals surface area (Å²) in [4.78, 5) is 23.3. The van der Waals surface area contributed by atoms with Crippen molar-refractivity contribution >= 4 is 21.9 Å². The molecule has 0 radical (unpaired) electrons. The molecule has 1 aliphatic rings. The fourth-order valence-electron chi connectivity index (χ4n) is 2.89. The highest BCUT2D eigenvalue weighted by Gasteiger charge is 2.32. The molecule has 1 N–H and O–H groups in total. The molecule has 0 unspecified atom stereocenters. The van der Waals surface area contributed by atoms with Crippen LogP contribution in [0.2, 0.25) is 0 Å². The van der Waals surface area contributed by atoms with Crippen LogP contribution in [0.1, 0.15) is 37.0 Å². The largest absolute Gasteiger partial charge is 0.469 e. The number of ether oxygens (including phenoxy) is 2. The third-order valence-corrected chi connectivity index (χ3v) is 6.06. The number of nitrogens with one attached hydrogen (secondary N) is 1. The van der Waals surface area contributed by atoms with Crippen molar-refractivity contribution in [2.75, 3.05) is 26.7 Å². The molecule has 9 heteroatoms. The second-order valence-electron chi connectivity index (χ2n) is 6.54. The molecule has 1 aromatic carbocycles. The van der Waals surface area contributed by atoms with Gasteiger partial charge in [-0.1, -0.05) is 0 Å². The van der Waals surface area contributed by atoms with Gasteiger partial charge in [0.2, 0.25) is 10.0 Å². The van der Waals surface area contributed by atoms with E-state index in [9.17, 15) is 18.0 Å². The molecule has 0 spiro atoms. The number of benzene rings is 1. The lowest BCUT2D eigenvalue weighted by molar-refractivity contribution is -0.140. The second-order valence-corrected chi connectivity index (χ2v) is 8.48. The van der Waals surface area contributed by atoms with Crippen LogP contribution >= 0.6 is 0 Å². The molecular formula is C18H26N2O6S. The van der Waals surface area contributed by atoms with Gasteiger partial charge in [-0.2, -0.15) is 4.31 Å². The van der Waals surface area contributed by atoms with Crippen molar-refractivity contribution in [3.05, 3.63) is 29.8 Å². The Bertz CT molecular complexity index is 753. The van der Waals surface area contributed by atoms with Crippen LogP contribution in [-0.2, 0) is 24.3 Å². The van der Waals surface area contributed by atoms with Crippen LogP contribution in [0.25, 0.3) is 0 Å². The zero-order valence-electron chi connectivity index (χ0n) is 15.8. The number of carbonyl (C=O) groups is 2. The molecule has 1 saturated heterocycles. The number of hydrogen-bond acceptors (Lipinski definition) is 6. The predicted molar refractivity (Wildman–Crippen MR) is 98.8 cm³/mol.